The predicted molar refractivity (Wildman–Crippen MR) is 345 cm³/mol. The van der Waals surface area contributed by atoms with Gasteiger partial charge >= 0.3 is 37.1 Å². The molecule has 1 rings (SSSR count). The quantitative estimate of drug-likeness (QED) is 0.191. The first-order chi connectivity index (χ1) is 39.8. The molecular formula is C68H146F18. The van der Waals surface area contributed by atoms with Gasteiger partial charge in [-0.05, 0) is 41.9 Å². The third-order valence-electron chi connectivity index (χ3n) is 9.88. The lowest BCUT2D eigenvalue weighted by molar-refractivity contribution is -0.204. The summed E-state index contributed by atoms with van der Waals surface area (Å²) in [6.07, 6.45) is -9.27. The standard InChI is InChI=1S/C7H14.2C6H11F3.2C5H9F3.2C5H12.2C4H7F3.4C4H10.C3H8.C2H6/c1-7-5-3-2-4-6-7;2*1-3-5(2)4-6(7,8)9;1-4(2,3)5(6,7)8;1-3-4(2)5(6,7)8;1-4-5(2)3;1-3-5-4-2;2*1-3(2)4(5,6)7;2*1-4(2)3;2*1-3-4-2;1-3-2;1-2/h7H,2-6H2,1H3;2*5H,3-4H2,1-2H3;1-3H3;4H,3H2,1-2H3;5H,4H2,1-3H3;3-5H2,1-2H3;2*3H,1-2H3;2*4H,1-3H3;2*3-4H2,1-2H3;3H2,1-2H3;1-2H3/t;2*5-;;;;;;;;;;;;/m.00............/s1/i7D;;;;;;;3D;;4D;;3D2;;;. The Morgan fingerprint density at radius 3 is 0.686 bits per heavy atom. The number of hydrogen-bond donors (Lipinski definition) is 0. The van der Waals surface area contributed by atoms with Crippen LogP contribution >= 0.6 is 0 Å². The zero-order valence-corrected chi connectivity index (χ0v) is 61.5. The number of halogens is 18. The van der Waals surface area contributed by atoms with E-state index in [-0.39, 0.29) is 30.0 Å². The van der Waals surface area contributed by atoms with Crippen molar-refractivity contribution in [1.82, 2.24) is 0 Å². The van der Waals surface area contributed by atoms with Crippen LogP contribution in [0.3, 0.4) is 0 Å². The summed E-state index contributed by atoms with van der Waals surface area (Å²) in [5.74, 6) is -3.73. The first-order valence-corrected chi connectivity index (χ1v) is 31.7. The van der Waals surface area contributed by atoms with Crippen molar-refractivity contribution in [3.63, 3.8) is 0 Å². The summed E-state index contributed by atoms with van der Waals surface area (Å²) in [6, 6.07) is 0. The van der Waals surface area contributed by atoms with E-state index in [4.69, 9.17) is 6.85 Å². The lowest BCUT2D eigenvalue weighted by atomic mass is 9.91. The van der Waals surface area contributed by atoms with Gasteiger partial charge in [-0.1, -0.05) is 331 Å². The van der Waals surface area contributed by atoms with Gasteiger partial charge in [-0.25, -0.2) is 0 Å². The Labute approximate surface area is 530 Å². The highest BCUT2D eigenvalue weighted by molar-refractivity contribution is 4.70. The molecule has 0 N–H and O–H groups in total. The highest BCUT2D eigenvalue weighted by Gasteiger charge is 2.43. The van der Waals surface area contributed by atoms with E-state index >= 15 is 0 Å². The van der Waals surface area contributed by atoms with Gasteiger partial charge in [0.2, 0.25) is 0 Å². The molecule has 544 valence electrons. The van der Waals surface area contributed by atoms with E-state index in [0.29, 0.717) is 19.3 Å². The topological polar surface area (TPSA) is 0 Å². The second kappa shape index (κ2) is 76.2. The van der Waals surface area contributed by atoms with Crippen LogP contribution in [0.1, 0.15) is 357 Å². The number of hydrogen-bond acceptors (Lipinski definition) is 0. The molecule has 86 heavy (non-hydrogen) atoms. The maximum absolute atomic E-state index is 11.6. The molecule has 1 aliphatic rings. The van der Waals surface area contributed by atoms with Gasteiger partial charge < -0.3 is 0 Å². The first-order valence-electron chi connectivity index (χ1n) is 34.2. The molecule has 0 saturated heterocycles. The summed E-state index contributed by atoms with van der Waals surface area (Å²) in [7, 11) is 0. The van der Waals surface area contributed by atoms with Crippen LogP contribution in [0.5, 0.6) is 0 Å². The maximum atomic E-state index is 11.6. The lowest BCUT2D eigenvalue weighted by Gasteiger charge is -2.21. The predicted octanol–water partition coefficient (Wildman–Crippen LogP) is 31.8. The molecule has 0 heterocycles. The van der Waals surface area contributed by atoms with Crippen molar-refractivity contribution in [1.29, 1.82) is 0 Å². The maximum Gasteiger partial charge on any atom is 0.393 e. The Kier molecular flexibility index (Phi) is 91.8. The third-order valence-corrected chi connectivity index (χ3v) is 9.88. The van der Waals surface area contributed by atoms with E-state index in [0.717, 1.165) is 73.1 Å². The first kappa shape index (κ1) is 104. The van der Waals surface area contributed by atoms with Crippen LogP contribution in [0.2, 0.25) is 0 Å². The van der Waals surface area contributed by atoms with Crippen LogP contribution in [0.4, 0.5) is 79.0 Å². The van der Waals surface area contributed by atoms with E-state index in [1.807, 2.05) is 48.5 Å². The van der Waals surface area contributed by atoms with Gasteiger partial charge in [-0.15, -0.1) is 0 Å². The molecule has 0 aliphatic heterocycles. The molecule has 1 saturated carbocycles. The Hall–Kier alpha value is -1.26. The van der Waals surface area contributed by atoms with Gasteiger partial charge in [0.15, 0.2) is 0 Å². The number of alkyl halides is 18. The minimum Gasteiger partial charge on any atom is -0.171 e. The molecule has 0 bridgehead atoms. The Morgan fingerprint density at radius 2 is 0.651 bits per heavy atom. The van der Waals surface area contributed by atoms with Gasteiger partial charge in [-0.3, -0.25) is 0 Å². The van der Waals surface area contributed by atoms with Gasteiger partial charge in [0.05, 0.1) is 11.3 Å². The zero-order valence-electron chi connectivity index (χ0n) is 66.5. The highest BCUT2D eigenvalue weighted by Crippen LogP contribution is 2.36. The lowest BCUT2D eigenvalue weighted by Crippen LogP contribution is -2.28. The SMILES string of the molecule is CC.CC(C)(C)C(F)(F)F.CC(C)C.CC(C)C(F)(F)F.CCC.CCC(C)C.CCC(C)C(F)(F)F.CCCC.CCCCC.CC[C@H](C)CC(F)(F)F.CC[C@H](C)CC(F)(F)F.[2H]C(C)(C)C.[2H]C(C)(C)C(F)(F)F.[2H]C([2H])(C)CC.[2H]C1(C)CCCCC1. The van der Waals surface area contributed by atoms with E-state index in [2.05, 4.69) is 83.1 Å². The molecule has 0 nitrogen and oxygen atoms in total. The average molecular weight is 1310 g/mol. The average Bonchev–Trinajstić information content (AvgIpc) is 3.33. The van der Waals surface area contributed by atoms with Crippen LogP contribution in [0, 0.1) is 58.6 Å². The molecule has 0 aromatic heterocycles. The molecule has 0 aromatic rings. The van der Waals surface area contributed by atoms with Crippen LogP contribution in [0.25, 0.3) is 0 Å². The minimum absolute atomic E-state index is 0.0712. The second-order valence-corrected chi connectivity index (χ2v) is 23.8. The third kappa shape index (κ3) is 178. The molecule has 3 atom stereocenters. The van der Waals surface area contributed by atoms with Crippen LogP contribution in [-0.2, 0) is 0 Å². The summed E-state index contributed by atoms with van der Waals surface area (Å²) >= 11 is 0. The van der Waals surface area contributed by atoms with Crippen molar-refractivity contribution in [2.24, 2.45) is 58.6 Å². The summed E-state index contributed by atoms with van der Waals surface area (Å²) in [6.45, 7) is 57.9. The molecular weight excluding hydrogens is 1160 g/mol. The van der Waals surface area contributed by atoms with Gasteiger partial charge in [0.25, 0.3) is 0 Å². The molecule has 1 aliphatic carbocycles. The Bertz CT molecular complexity index is 1250. The summed E-state index contributed by atoms with van der Waals surface area (Å²) < 4.78 is 240. The van der Waals surface area contributed by atoms with Crippen molar-refractivity contribution >= 4 is 0 Å². The van der Waals surface area contributed by atoms with E-state index in [1.54, 1.807) is 34.6 Å². The fourth-order valence-electron chi connectivity index (χ4n) is 2.82. The molecule has 1 unspecified atom stereocenters. The van der Waals surface area contributed by atoms with Crippen molar-refractivity contribution in [3.05, 3.63) is 0 Å². The molecule has 0 spiro atoms. The van der Waals surface area contributed by atoms with Gasteiger partial charge in [0.1, 0.15) is 0 Å². The van der Waals surface area contributed by atoms with E-state index < -0.39 is 79.4 Å². The summed E-state index contributed by atoms with van der Waals surface area (Å²) in [5, 5.41) is 0. The van der Waals surface area contributed by atoms with Crippen molar-refractivity contribution in [2.45, 2.75) is 387 Å². The van der Waals surface area contributed by atoms with E-state index in [9.17, 15) is 79.0 Å². The summed E-state index contributed by atoms with van der Waals surface area (Å²) in [5.41, 5.74) is -1.56. The Balaban J connectivity index is -0.0000000589. The van der Waals surface area contributed by atoms with E-state index in [1.165, 1.54) is 78.1 Å². The van der Waals surface area contributed by atoms with Crippen LogP contribution in [-0.4, -0.2) is 37.1 Å². The van der Waals surface area contributed by atoms with Crippen molar-refractivity contribution in [2.75, 3.05) is 0 Å². The van der Waals surface area contributed by atoms with Crippen molar-refractivity contribution < 1.29 is 85.9 Å². The smallest absolute Gasteiger partial charge is 0.171 e. The molecule has 18 heteroatoms. The van der Waals surface area contributed by atoms with Crippen LogP contribution in [0.15, 0.2) is 0 Å². The normalized spacial score (nSPS) is 14.7. The fourth-order valence-corrected chi connectivity index (χ4v) is 2.82. The highest BCUT2D eigenvalue weighted by atomic mass is 19.4. The monoisotopic (exact) mass is 1310 g/mol. The largest absolute Gasteiger partial charge is 0.393 e. The van der Waals surface area contributed by atoms with Crippen molar-refractivity contribution in [3.8, 4) is 0 Å². The molecule has 1 fully saturated rings. The minimum atomic E-state index is -4.40. The number of rotatable bonds is 10. The van der Waals surface area contributed by atoms with Gasteiger partial charge in [-0.2, -0.15) is 79.0 Å². The van der Waals surface area contributed by atoms with Gasteiger partial charge in [0, 0.05) is 31.5 Å². The fraction of sp³-hybridized carbons (Fsp3) is 1.00. The Morgan fingerprint density at radius 1 is 0.430 bits per heavy atom. The molecule has 0 amide bonds. The second-order valence-electron chi connectivity index (χ2n) is 23.8. The molecule has 0 aromatic carbocycles. The van der Waals surface area contributed by atoms with Crippen LogP contribution < -0.4 is 0 Å². The summed E-state index contributed by atoms with van der Waals surface area (Å²) in [4.78, 5) is 0. The number of unbranched alkanes of at least 4 members (excludes halogenated alkanes) is 3. The zero-order chi connectivity index (χ0) is 77.7. The molecule has 0 radical (unpaired) electrons.